The molecule has 0 unspecified atom stereocenters. The minimum atomic E-state index is -0.190. The van der Waals surface area contributed by atoms with Gasteiger partial charge in [0, 0.05) is 29.7 Å². The summed E-state index contributed by atoms with van der Waals surface area (Å²) in [4.78, 5) is 24.5. The number of ether oxygens (including phenoxy) is 1. The Kier molecular flexibility index (Phi) is 6.46. The largest absolute Gasteiger partial charge is 0.457 e. The average Bonchev–Trinajstić information content (AvgIpc) is 3.19. The fourth-order valence-corrected chi connectivity index (χ4v) is 3.05. The Bertz CT molecular complexity index is 911. The summed E-state index contributed by atoms with van der Waals surface area (Å²) in [5, 5.41) is 7.99. The van der Waals surface area contributed by atoms with Crippen molar-refractivity contribution in [2.75, 3.05) is 11.9 Å². The lowest BCUT2D eigenvalue weighted by Crippen LogP contribution is -2.27. The van der Waals surface area contributed by atoms with Gasteiger partial charge in [-0.05, 0) is 47.8 Å². The number of thiophene rings is 1. The van der Waals surface area contributed by atoms with Crippen LogP contribution >= 0.6 is 22.9 Å². The van der Waals surface area contributed by atoms with Gasteiger partial charge in [-0.25, -0.2) is 0 Å². The maximum atomic E-state index is 12.1. The zero-order chi connectivity index (χ0) is 19.1. The number of hydrogen-bond donors (Lipinski definition) is 2. The molecule has 1 heterocycles. The highest BCUT2D eigenvalue weighted by atomic mass is 35.5. The van der Waals surface area contributed by atoms with Crippen LogP contribution in [-0.2, 0) is 4.79 Å². The first-order valence-corrected chi connectivity index (χ1v) is 9.51. The molecule has 2 amide bonds. The summed E-state index contributed by atoms with van der Waals surface area (Å²) in [5.74, 6) is 0.890. The van der Waals surface area contributed by atoms with Crippen molar-refractivity contribution in [2.24, 2.45) is 0 Å². The summed E-state index contributed by atoms with van der Waals surface area (Å²) in [6, 6.07) is 17.7. The van der Waals surface area contributed by atoms with E-state index >= 15 is 0 Å². The van der Waals surface area contributed by atoms with Gasteiger partial charge in [0.25, 0.3) is 5.91 Å². The molecular weight excluding hydrogens is 384 g/mol. The van der Waals surface area contributed by atoms with E-state index in [9.17, 15) is 9.59 Å². The first-order valence-electron chi connectivity index (χ1n) is 8.25. The zero-order valence-electron chi connectivity index (χ0n) is 14.3. The number of amides is 2. The predicted octanol–water partition coefficient (Wildman–Crippen LogP) is 4.95. The van der Waals surface area contributed by atoms with Crippen LogP contribution in [0.1, 0.15) is 16.1 Å². The van der Waals surface area contributed by atoms with Gasteiger partial charge in [0.15, 0.2) is 0 Å². The number of nitrogens with one attached hydrogen (secondary N) is 2. The van der Waals surface area contributed by atoms with Crippen LogP contribution in [0, 0.1) is 0 Å². The van der Waals surface area contributed by atoms with Crippen molar-refractivity contribution in [3.63, 3.8) is 0 Å². The van der Waals surface area contributed by atoms with Gasteiger partial charge in [-0.2, -0.15) is 0 Å². The molecule has 7 heteroatoms. The van der Waals surface area contributed by atoms with Gasteiger partial charge in [0.1, 0.15) is 11.5 Å². The van der Waals surface area contributed by atoms with E-state index in [0.29, 0.717) is 27.1 Å². The van der Waals surface area contributed by atoms with E-state index in [1.54, 1.807) is 54.6 Å². The third kappa shape index (κ3) is 5.84. The van der Waals surface area contributed by atoms with Gasteiger partial charge in [0.05, 0.1) is 4.88 Å². The number of anilines is 1. The number of halogens is 1. The third-order valence-electron chi connectivity index (χ3n) is 3.55. The van der Waals surface area contributed by atoms with Crippen LogP contribution in [0.25, 0.3) is 0 Å². The molecule has 2 aromatic carbocycles. The molecule has 138 valence electrons. The maximum absolute atomic E-state index is 12.1. The summed E-state index contributed by atoms with van der Waals surface area (Å²) >= 11 is 7.22. The Balaban J connectivity index is 1.49. The van der Waals surface area contributed by atoms with E-state index < -0.39 is 0 Å². The quantitative estimate of drug-likeness (QED) is 0.589. The van der Waals surface area contributed by atoms with Crippen molar-refractivity contribution >= 4 is 40.4 Å². The lowest BCUT2D eigenvalue weighted by molar-refractivity contribution is -0.116. The van der Waals surface area contributed by atoms with Crippen molar-refractivity contribution in [3.8, 4) is 11.5 Å². The first-order chi connectivity index (χ1) is 13.1. The maximum Gasteiger partial charge on any atom is 0.261 e. The fraction of sp³-hybridized carbons (Fsp3) is 0.100. The predicted molar refractivity (Wildman–Crippen MR) is 108 cm³/mol. The molecule has 0 radical (unpaired) electrons. The summed E-state index contributed by atoms with van der Waals surface area (Å²) in [5.41, 5.74) is 0.621. The highest BCUT2D eigenvalue weighted by molar-refractivity contribution is 7.12. The van der Waals surface area contributed by atoms with Crippen LogP contribution < -0.4 is 15.4 Å². The molecule has 27 heavy (non-hydrogen) atoms. The molecule has 3 rings (SSSR count). The van der Waals surface area contributed by atoms with Gasteiger partial charge in [0.2, 0.25) is 5.91 Å². The number of carbonyl (C=O) groups excluding carboxylic acids is 2. The molecule has 2 N–H and O–H groups in total. The molecule has 0 aliphatic heterocycles. The van der Waals surface area contributed by atoms with Gasteiger partial charge in [-0.1, -0.05) is 23.7 Å². The van der Waals surface area contributed by atoms with Crippen molar-refractivity contribution in [1.82, 2.24) is 5.32 Å². The van der Waals surface area contributed by atoms with Crippen LogP contribution in [0.3, 0.4) is 0 Å². The highest BCUT2D eigenvalue weighted by Gasteiger charge is 2.08. The van der Waals surface area contributed by atoms with Gasteiger partial charge in [-0.15, -0.1) is 11.3 Å². The number of rotatable bonds is 7. The molecule has 0 aliphatic rings. The summed E-state index contributed by atoms with van der Waals surface area (Å²) in [7, 11) is 0. The normalized spacial score (nSPS) is 10.3. The second-order valence-electron chi connectivity index (χ2n) is 5.62. The lowest BCUT2D eigenvalue weighted by Gasteiger charge is -2.09. The van der Waals surface area contributed by atoms with Crippen LogP contribution in [0.5, 0.6) is 11.5 Å². The average molecular weight is 401 g/mol. The zero-order valence-corrected chi connectivity index (χ0v) is 15.8. The molecule has 0 saturated heterocycles. The molecule has 0 atom stereocenters. The van der Waals surface area contributed by atoms with E-state index in [2.05, 4.69) is 10.6 Å². The smallest absolute Gasteiger partial charge is 0.261 e. The van der Waals surface area contributed by atoms with Crippen molar-refractivity contribution in [2.45, 2.75) is 6.42 Å². The lowest BCUT2D eigenvalue weighted by atomic mass is 10.2. The van der Waals surface area contributed by atoms with Gasteiger partial charge in [-0.3, -0.25) is 9.59 Å². The molecule has 5 nitrogen and oxygen atoms in total. The number of benzene rings is 2. The topological polar surface area (TPSA) is 67.4 Å². The molecule has 0 fully saturated rings. The summed E-state index contributed by atoms with van der Waals surface area (Å²) in [6.07, 6.45) is 0.180. The third-order valence-corrected chi connectivity index (χ3v) is 4.67. The van der Waals surface area contributed by atoms with Crippen molar-refractivity contribution in [1.29, 1.82) is 0 Å². The molecule has 3 aromatic rings. The van der Waals surface area contributed by atoms with E-state index in [1.807, 2.05) is 11.4 Å². The molecular formula is C20H17ClN2O3S. The Hall–Kier alpha value is -2.83. The molecule has 0 saturated carbocycles. The van der Waals surface area contributed by atoms with Crippen LogP contribution in [0.4, 0.5) is 5.69 Å². The van der Waals surface area contributed by atoms with Gasteiger partial charge < -0.3 is 15.4 Å². The van der Waals surface area contributed by atoms with Crippen LogP contribution in [0.2, 0.25) is 5.02 Å². The van der Waals surface area contributed by atoms with E-state index in [1.165, 1.54) is 11.3 Å². The minimum Gasteiger partial charge on any atom is -0.457 e. The second-order valence-corrected chi connectivity index (χ2v) is 7.00. The molecule has 1 aromatic heterocycles. The summed E-state index contributed by atoms with van der Waals surface area (Å²) in [6.45, 7) is 0.267. The van der Waals surface area contributed by atoms with Gasteiger partial charge >= 0.3 is 0 Å². The number of hydrogen-bond acceptors (Lipinski definition) is 4. The first kappa shape index (κ1) is 18.9. The minimum absolute atomic E-state index is 0.170. The molecule has 0 aliphatic carbocycles. The summed E-state index contributed by atoms with van der Waals surface area (Å²) < 4.78 is 5.74. The SMILES string of the molecule is O=C(CCNC(=O)c1cccs1)Nc1cccc(Oc2ccc(Cl)cc2)c1. The Morgan fingerprint density at radius 1 is 1.00 bits per heavy atom. The van der Waals surface area contributed by atoms with E-state index in [-0.39, 0.29) is 24.8 Å². The van der Waals surface area contributed by atoms with E-state index in [0.717, 1.165) is 0 Å². The standard InChI is InChI=1S/C20H17ClN2O3S/c21-14-6-8-16(9-7-14)26-17-4-1-3-15(13-17)23-19(24)10-11-22-20(25)18-5-2-12-27-18/h1-9,12-13H,10-11H2,(H,22,25)(H,23,24). The van der Waals surface area contributed by atoms with Crippen LogP contribution in [-0.4, -0.2) is 18.4 Å². The van der Waals surface area contributed by atoms with Crippen molar-refractivity contribution < 1.29 is 14.3 Å². The Labute approximate surface area is 165 Å². The van der Waals surface area contributed by atoms with Crippen LogP contribution in [0.15, 0.2) is 66.0 Å². The fourth-order valence-electron chi connectivity index (χ4n) is 2.28. The Morgan fingerprint density at radius 2 is 1.81 bits per heavy atom. The monoisotopic (exact) mass is 400 g/mol. The molecule has 0 bridgehead atoms. The van der Waals surface area contributed by atoms with Crippen molar-refractivity contribution in [3.05, 3.63) is 75.9 Å². The molecule has 0 spiro atoms. The highest BCUT2D eigenvalue weighted by Crippen LogP contribution is 2.25. The number of carbonyl (C=O) groups is 2. The van der Waals surface area contributed by atoms with E-state index in [4.69, 9.17) is 16.3 Å². The Morgan fingerprint density at radius 3 is 2.56 bits per heavy atom. The second kappa shape index (κ2) is 9.21.